The van der Waals surface area contributed by atoms with Crippen molar-refractivity contribution < 1.29 is 63.1 Å². The van der Waals surface area contributed by atoms with Gasteiger partial charge in [-0.3, -0.25) is 18.6 Å². The fraction of sp³-hybridized carbons (Fsp3) is 0.739. The summed E-state index contributed by atoms with van der Waals surface area (Å²) in [6, 6.07) is 0. The molecule has 346 valence electrons. The number of allylic oxidation sites excluding steroid dienone is 10. The molecule has 0 aromatic rings. The monoisotopic (exact) mass is 871 g/mol. The fourth-order valence-electron chi connectivity index (χ4n) is 6.45. The Balaban J connectivity index is 2.53. The zero-order valence-corrected chi connectivity index (χ0v) is 37.4. The maximum absolute atomic E-state index is 12.8. The number of aliphatic hydroxyl groups excluding tert-OH is 5. The topological polar surface area (TPSA) is 210 Å². The predicted octanol–water partition coefficient (Wildman–Crippen LogP) is 8.55. The smallest absolute Gasteiger partial charge is 0.462 e. The number of esters is 2. The van der Waals surface area contributed by atoms with Crippen LogP contribution in [0.1, 0.15) is 162 Å². The second kappa shape index (κ2) is 36.1. The SMILES string of the molecule is CCCCC/C=C/C/C=C/C/C=C/C/C=C/C/C=C/CCC(=O)O[C@H](COC(=O)CCCCCCCCCCCCCC)COP(=O)(O)OC1C(O)C(O)C(O)[C@H](O)C1O. The molecular weight excluding hydrogens is 791 g/mol. The van der Waals surface area contributed by atoms with Gasteiger partial charge in [-0.05, 0) is 51.4 Å². The molecule has 0 aliphatic heterocycles. The van der Waals surface area contributed by atoms with E-state index in [0.29, 0.717) is 19.3 Å². The minimum atomic E-state index is -5.14. The molecule has 8 atom stereocenters. The van der Waals surface area contributed by atoms with Gasteiger partial charge in [0.05, 0.1) is 6.61 Å². The van der Waals surface area contributed by atoms with Gasteiger partial charge in [-0.1, -0.05) is 158 Å². The van der Waals surface area contributed by atoms with Crippen molar-refractivity contribution in [3.63, 3.8) is 0 Å². The van der Waals surface area contributed by atoms with E-state index in [0.717, 1.165) is 44.9 Å². The molecule has 6 N–H and O–H groups in total. The molecule has 60 heavy (non-hydrogen) atoms. The van der Waals surface area contributed by atoms with Gasteiger partial charge in [0.25, 0.3) is 0 Å². The molecule has 0 spiro atoms. The van der Waals surface area contributed by atoms with Crippen molar-refractivity contribution in [2.24, 2.45) is 0 Å². The highest BCUT2D eigenvalue weighted by Gasteiger charge is 2.51. The first-order chi connectivity index (χ1) is 28.9. The molecule has 13 nitrogen and oxygen atoms in total. The van der Waals surface area contributed by atoms with Gasteiger partial charge in [0, 0.05) is 12.8 Å². The Morgan fingerprint density at radius 3 is 1.43 bits per heavy atom. The first kappa shape index (κ1) is 55.6. The van der Waals surface area contributed by atoms with E-state index in [4.69, 9.17) is 18.5 Å². The normalized spacial score (nSPS) is 22.7. The Morgan fingerprint density at radius 2 is 0.933 bits per heavy atom. The van der Waals surface area contributed by atoms with Crippen LogP contribution in [0.4, 0.5) is 0 Å². The fourth-order valence-corrected chi connectivity index (χ4v) is 7.42. The van der Waals surface area contributed by atoms with Crippen LogP contribution in [0.3, 0.4) is 0 Å². The Hall–Kier alpha value is -2.45. The van der Waals surface area contributed by atoms with E-state index in [-0.39, 0.29) is 12.8 Å². The van der Waals surface area contributed by atoms with Gasteiger partial charge in [-0.25, -0.2) is 4.57 Å². The molecule has 6 unspecified atom stereocenters. The van der Waals surface area contributed by atoms with Crippen molar-refractivity contribution >= 4 is 19.8 Å². The summed E-state index contributed by atoms with van der Waals surface area (Å²) in [4.78, 5) is 35.6. The summed E-state index contributed by atoms with van der Waals surface area (Å²) in [6.45, 7) is 3.19. The van der Waals surface area contributed by atoms with Crippen molar-refractivity contribution in [3.8, 4) is 0 Å². The van der Waals surface area contributed by atoms with Crippen molar-refractivity contribution in [1.82, 2.24) is 0 Å². The highest BCUT2D eigenvalue weighted by molar-refractivity contribution is 7.47. The average Bonchev–Trinajstić information content (AvgIpc) is 3.23. The zero-order valence-electron chi connectivity index (χ0n) is 36.5. The zero-order chi connectivity index (χ0) is 44.3. The number of carbonyl (C=O) groups excluding carboxylic acids is 2. The summed E-state index contributed by atoms with van der Waals surface area (Å²) in [5.41, 5.74) is 0. The van der Waals surface area contributed by atoms with E-state index in [1.54, 1.807) is 0 Å². The highest BCUT2D eigenvalue weighted by atomic mass is 31.2. The number of carbonyl (C=O) groups is 2. The quantitative estimate of drug-likeness (QED) is 0.0151. The van der Waals surface area contributed by atoms with E-state index in [1.165, 1.54) is 70.6 Å². The van der Waals surface area contributed by atoms with Gasteiger partial charge in [0.2, 0.25) is 0 Å². The summed E-state index contributed by atoms with van der Waals surface area (Å²) >= 11 is 0. The Morgan fingerprint density at radius 1 is 0.517 bits per heavy atom. The van der Waals surface area contributed by atoms with Gasteiger partial charge in [-0.15, -0.1) is 0 Å². The molecule has 0 aromatic heterocycles. The number of aliphatic hydroxyl groups is 5. The molecule has 1 aliphatic rings. The van der Waals surface area contributed by atoms with Crippen molar-refractivity contribution in [2.75, 3.05) is 13.2 Å². The second-order valence-electron chi connectivity index (χ2n) is 15.6. The molecule has 1 rings (SSSR count). The summed E-state index contributed by atoms with van der Waals surface area (Å²) in [7, 11) is -5.14. The lowest BCUT2D eigenvalue weighted by Gasteiger charge is -2.41. The summed E-state index contributed by atoms with van der Waals surface area (Å²) in [6.07, 6.45) is 30.1. The van der Waals surface area contributed by atoms with Crippen LogP contribution >= 0.6 is 7.82 Å². The van der Waals surface area contributed by atoms with Crippen LogP contribution in [-0.2, 0) is 32.7 Å². The molecule has 14 heteroatoms. The van der Waals surface area contributed by atoms with Crippen LogP contribution in [0.25, 0.3) is 0 Å². The number of ether oxygens (including phenoxy) is 2. The molecular formula is C46H79O13P. The van der Waals surface area contributed by atoms with Gasteiger partial charge in [-0.2, -0.15) is 0 Å². The first-order valence-electron chi connectivity index (χ1n) is 22.6. The molecule has 0 amide bonds. The first-order valence-corrected chi connectivity index (χ1v) is 24.1. The minimum Gasteiger partial charge on any atom is -0.462 e. The average molecular weight is 871 g/mol. The minimum absolute atomic E-state index is 0.0275. The molecule has 1 fully saturated rings. The predicted molar refractivity (Wildman–Crippen MR) is 235 cm³/mol. The third-order valence-corrected chi connectivity index (χ3v) is 11.1. The second-order valence-corrected chi connectivity index (χ2v) is 17.0. The van der Waals surface area contributed by atoms with E-state index in [1.807, 2.05) is 18.2 Å². The number of unbranched alkanes of at least 4 members (excludes halogenated alkanes) is 14. The number of phosphoric ester groups is 1. The summed E-state index contributed by atoms with van der Waals surface area (Å²) in [5.74, 6) is -1.20. The number of hydrogen-bond donors (Lipinski definition) is 6. The Kier molecular flexibility index (Phi) is 33.4. The standard InChI is InChI=1S/C46H79O13P/c1-3-5-7-9-11-13-15-17-18-19-20-21-22-23-25-27-29-31-33-35-40(48)58-38(36-56-39(47)34-32-30-28-26-24-16-14-12-10-8-6-4-2)37-57-60(54,55)59-46-44(52)42(50)41(49)43(51)45(46)53/h11,13,17-18,20-21,23,25,29,31,38,41-46,49-53H,3-10,12,14-16,19,22,24,26-28,30,32-37H2,1-2H3,(H,54,55)/b13-11+,18-17+,21-20+,25-23+,31-29+/t38-,41?,42+,43?,44?,45?,46?/m1/s1. The molecule has 0 aromatic carbocycles. The maximum Gasteiger partial charge on any atom is 0.472 e. The van der Waals surface area contributed by atoms with Crippen molar-refractivity contribution in [3.05, 3.63) is 60.8 Å². The van der Waals surface area contributed by atoms with Crippen LogP contribution in [0.5, 0.6) is 0 Å². The largest absolute Gasteiger partial charge is 0.472 e. The summed E-state index contributed by atoms with van der Waals surface area (Å²) < 4.78 is 33.4. The van der Waals surface area contributed by atoms with Gasteiger partial charge in [0.15, 0.2) is 6.10 Å². The van der Waals surface area contributed by atoms with Crippen molar-refractivity contribution in [1.29, 1.82) is 0 Å². The molecule has 0 radical (unpaired) electrons. The van der Waals surface area contributed by atoms with Crippen LogP contribution in [0.2, 0.25) is 0 Å². The third-order valence-electron chi connectivity index (χ3n) is 10.1. The van der Waals surface area contributed by atoms with Gasteiger partial charge in [0.1, 0.15) is 43.2 Å². The lowest BCUT2D eigenvalue weighted by Crippen LogP contribution is -2.64. The number of phosphoric acid groups is 1. The van der Waals surface area contributed by atoms with E-state index in [2.05, 4.69) is 56.4 Å². The molecule has 0 saturated heterocycles. The van der Waals surface area contributed by atoms with Crippen LogP contribution in [0, 0.1) is 0 Å². The highest BCUT2D eigenvalue weighted by Crippen LogP contribution is 2.47. The molecule has 0 bridgehead atoms. The van der Waals surface area contributed by atoms with E-state index < -0.39 is 75.7 Å². The lowest BCUT2D eigenvalue weighted by molar-refractivity contribution is -0.220. The Bertz CT molecular complexity index is 1280. The third kappa shape index (κ3) is 28.2. The van der Waals surface area contributed by atoms with Gasteiger partial charge < -0.3 is 39.9 Å². The van der Waals surface area contributed by atoms with Crippen LogP contribution in [0.15, 0.2) is 60.8 Å². The molecule has 0 heterocycles. The van der Waals surface area contributed by atoms with Crippen LogP contribution < -0.4 is 0 Å². The summed E-state index contributed by atoms with van der Waals surface area (Å²) in [5, 5.41) is 50.1. The van der Waals surface area contributed by atoms with Crippen molar-refractivity contribution in [2.45, 2.75) is 204 Å². The number of rotatable bonds is 36. The lowest BCUT2D eigenvalue weighted by atomic mass is 9.85. The Labute approximate surface area is 360 Å². The van der Waals surface area contributed by atoms with E-state index in [9.17, 15) is 44.6 Å². The van der Waals surface area contributed by atoms with E-state index >= 15 is 0 Å². The number of hydrogen-bond acceptors (Lipinski definition) is 12. The molecule has 1 aliphatic carbocycles. The van der Waals surface area contributed by atoms with Gasteiger partial charge >= 0.3 is 19.8 Å². The van der Waals surface area contributed by atoms with Crippen LogP contribution in [-0.4, -0.2) is 98.3 Å². The molecule has 1 saturated carbocycles. The maximum atomic E-state index is 12.8.